The summed E-state index contributed by atoms with van der Waals surface area (Å²) in [6.07, 6.45) is -4.15. The molecule has 3 aliphatic rings. The Labute approximate surface area is 126 Å². The Hall–Kier alpha value is -1.27. The number of carbonyl (C=O) groups is 2. The molecule has 0 aromatic heterocycles. The lowest BCUT2D eigenvalue weighted by Crippen LogP contribution is -2.53. The van der Waals surface area contributed by atoms with Crippen molar-refractivity contribution < 1.29 is 32.2 Å². The highest BCUT2D eigenvalue weighted by molar-refractivity contribution is 5.82. The smallest absolute Gasteiger partial charge is 0.405 e. The summed E-state index contributed by atoms with van der Waals surface area (Å²) in [6, 6.07) is 0. The van der Waals surface area contributed by atoms with Crippen molar-refractivity contribution in [3.63, 3.8) is 0 Å². The molecule has 7 heteroatoms. The third kappa shape index (κ3) is 1.83. The fraction of sp³-hybridized carbons (Fsp3) is 0.867. The summed E-state index contributed by atoms with van der Waals surface area (Å²) in [5.41, 5.74) is -2.38. The van der Waals surface area contributed by atoms with Gasteiger partial charge < -0.3 is 9.47 Å². The van der Waals surface area contributed by atoms with E-state index in [1.807, 2.05) is 6.92 Å². The second-order valence-electron chi connectivity index (χ2n) is 6.69. The van der Waals surface area contributed by atoms with Gasteiger partial charge in [-0.25, -0.2) is 0 Å². The zero-order chi connectivity index (χ0) is 16.3. The van der Waals surface area contributed by atoms with Crippen LogP contribution in [-0.2, 0) is 19.1 Å². The van der Waals surface area contributed by atoms with E-state index in [4.69, 9.17) is 9.47 Å². The molecule has 0 N–H and O–H groups in total. The van der Waals surface area contributed by atoms with Crippen LogP contribution in [0.4, 0.5) is 13.2 Å². The summed E-state index contributed by atoms with van der Waals surface area (Å²) in [5.74, 6) is -3.99. The van der Waals surface area contributed by atoms with Gasteiger partial charge in [0.25, 0.3) is 0 Å². The molecule has 2 aliphatic carbocycles. The van der Waals surface area contributed by atoms with E-state index in [1.165, 1.54) is 0 Å². The van der Waals surface area contributed by atoms with E-state index in [2.05, 4.69) is 0 Å². The summed E-state index contributed by atoms with van der Waals surface area (Å²) < 4.78 is 50.9. The van der Waals surface area contributed by atoms with Crippen molar-refractivity contribution >= 4 is 11.9 Å². The van der Waals surface area contributed by atoms with Crippen LogP contribution < -0.4 is 0 Å². The largest absolute Gasteiger partial charge is 0.465 e. The zero-order valence-electron chi connectivity index (χ0n) is 12.5. The van der Waals surface area contributed by atoms with Gasteiger partial charge in [-0.05, 0) is 25.2 Å². The van der Waals surface area contributed by atoms with Gasteiger partial charge in [-0.2, -0.15) is 13.2 Å². The number of ether oxygens (including phenoxy) is 2. The molecule has 3 fully saturated rings. The van der Waals surface area contributed by atoms with Crippen LogP contribution >= 0.6 is 0 Å². The Bertz CT molecular complexity index is 504. The molecule has 2 saturated carbocycles. The van der Waals surface area contributed by atoms with Crippen LogP contribution in [0.3, 0.4) is 0 Å². The second kappa shape index (κ2) is 4.86. The Morgan fingerprint density at radius 1 is 1.45 bits per heavy atom. The Morgan fingerprint density at radius 2 is 2.14 bits per heavy atom. The highest BCUT2D eigenvalue weighted by atomic mass is 19.4. The first-order valence-corrected chi connectivity index (χ1v) is 7.67. The third-order valence-corrected chi connectivity index (χ3v) is 5.78. The maximum absolute atomic E-state index is 13.6. The number of fused-ring (bicyclic) bond motifs is 5. The van der Waals surface area contributed by atoms with E-state index in [0.29, 0.717) is 6.42 Å². The van der Waals surface area contributed by atoms with Crippen molar-refractivity contribution in [3.05, 3.63) is 0 Å². The maximum atomic E-state index is 13.6. The Morgan fingerprint density at radius 3 is 2.73 bits per heavy atom. The van der Waals surface area contributed by atoms with Gasteiger partial charge in [0.2, 0.25) is 0 Å². The minimum atomic E-state index is -4.61. The molecule has 3 rings (SSSR count). The minimum absolute atomic E-state index is 0.0952. The zero-order valence-corrected chi connectivity index (χ0v) is 12.5. The standard InChI is InChI=1S/C15H19F3O4/c1-3-7(2)12(19)22-11-5-8-4-9(11)10-6-21-13(20)14(8,10)15(16,17)18/h7-11H,3-6H2,1-2H3. The van der Waals surface area contributed by atoms with Crippen molar-refractivity contribution in [3.8, 4) is 0 Å². The molecule has 1 heterocycles. The predicted molar refractivity (Wildman–Crippen MR) is 68.5 cm³/mol. The van der Waals surface area contributed by atoms with E-state index in [9.17, 15) is 22.8 Å². The lowest BCUT2D eigenvalue weighted by atomic mass is 9.66. The lowest BCUT2D eigenvalue weighted by molar-refractivity contribution is -0.248. The van der Waals surface area contributed by atoms with Crippen molar-refractivity contribution in [2.24, 2.45) is 29.1 Å². The molecular formula is C15H19F3O4. The quantitative estimate of drug-likeness (QED) is 0.750. The fourth-order valence-electron chi connectivity index (χ4n) is 4.45. The number of rotatable bonds is 3. The van der Waals surface area contributed by atoms with Crippen LogP contribution in [0.15, 0.2) is 0 Å². The van der Waals surface area contributed by atoms with E-state index in [-0.39, 0.29) is 31.3 Å². The minimum Gasteiger partial charge on any atom is -0.465 e. The highest BCUT2D eigenvalue weighted by Gasteiger charge is 2.80. The number of alkyl halides is 3. The Kier molecular flexibility index (Phi) is 3.45. The summed E-state index contributed by atoms with van der Waals surface area (Å²) in [7, 11) is 0. The van der Waals surface area contributed by atoms with E-state index >= 15 is 0 Å². The maximum Gasteiger partial charge on any atom is 0.405 e. The van der Waals surface area contributed by atoms with E-state index < -0.39 is 41.4 Å². The first-order valence-electron chi connectivity index (χ1n) is 7.67. The van der Waals surface area contributed by atoms with Gasteiger partial charge >= 0.3 is 18.1 Å². The van der Waals surface area contributed by atoms with Crippen molar-refractivity contribution in [2.75, 3.05) is 6.61 Å². The molecule has 1 saturated heterocycles. The third-order valence-electron chi connectivity index (χ3n) is 5.78. The van der Waals surface area contributed by atoms with Gasteiger partial charge in [0, 0.05) is 11.8 Å². The van der Waals surface area contributed by atoms with Gasteiger partial charge in [-0.15, -0.1) is 0 Å². The molecule has 1 aliphatic heterocycles. The number of hydrogen-bond acceptors (Lipinski definition) is 4. The molecule has 0 amide bonds. The number of esters is 2. The number of carbonyl (C=O) groups excluding carboxylic acids is 2. The van der Waals surface area contributed by atoms with E-state index in [1.54, 1.807) is 6.92 Å². The van der Waals surface area contributed by atoms with Gasteiger partial charge in [0.05, 0.1) is 12.5 Å². The van der Waals surface area contributed by atoms with Crippen LogP contribution in [0.5, 0.6) is 0 Å². The highest BCUT2D eigenvalue weighted by Crippen LogP contribution is 2.68. The topological polar surface area (TPSA) is 52.6 Å². The lowest BCUT2D eigenvalue weighted by Gasteiger charge is -2.39. The molecule has 6 atom stereocenters. The first-order chi connectivity index (χ1) is 10.2. The normalized spacial score (nSPS) is 41.2. The average Bonchev–Trinajstić information content (AvgIpc) is 3.07. The molecule has 0 aromatic carbocycles. The second-order valence-corrected chi connectivity index (χ2v) is 6.69. The predicted octanol–water partition coefficient (Wildman–Crippen LogP) is 2.71. The molecule has 0 spiro atoms. The average molecular weight is 320 g/mol. The number of hydrogen-bond donors (Lipinski definition) is 0. The molecular weight excluding hydrogens is 301 g/mol. The van der Waals surface area contributed by atoms with Crippen LogP contribution in [-0.4, -0.2) is 30.8 Å². The molecule has 0 aromatic rings. The molecule has 2 bridgehead atoms. The monoisotopic (exact) mass is 320 g/mol. The first kappa shape index (κ1) is 15.6. The van der Waals surface area contributed by atoms with Gasteiger partial charge in [-0.3, -0.25) is 9.59 Å². The Balaban J connectivity index is 1.82. The summed E-state index contributed by atoms with van der Waals surface area (Å²) in [6.45, 7) is 3.36. The van der Waals surface area contributed by atoms with Crippen LogP contribution in [0.1, 0.15) is 33.1 Å². The fourth-order valence-corrected chi connectivity index (χ4v) is 4.45. The molecule has 6 unspecified atom stereocenters. The van der Waals surface area contributed by atoms with Crippen LogP contribution in [0.25, 0.3) is 0 Å². The van der Waals surface area contributed by atoms with Gasteiger partial charge in [0.15, 0.2) is 5.41 Å². The summed E-state index contributed by atoms with van der Waals surface area (Å²) in [5, 5.41) is 0. The van der Waals surface area contributed by atoms with Crippen LogP contribution in [0, 0.1) is 29.1 Å². The van der Waals surface area contributed by atoms with E-state index in [0.717, 1.165) is 0 Å². The summed E-state index contributed by atoms with van der Waals surface area (Å²) in [4.78, 5) is 23.7. The van der Waals surface area contributed by atoms with Crippen LogP contribution in [0.2, 0.25) is 0 Å². The molecule has 124 valence electrons. The van der Waals surface area contributed by atoms with Crippen molar-refractivity contribution in [1.29, 1.82) is 0 Å². The molecule has 4 nitrogen and oxygen atoms in total. The van der Waals surface area contributed by atoms with Crippen molar-refractivity contribution in [2.45, 2.75) is 45.4 Å². The van der Waals surface area contributed by atoms with Gasteiger partial charge in [0.1, 0.15) is 6.10 Å². The molecule has 22 heavy (non-hydrogen) atoms. The summed E-state index contributed by atoms with van der Waals surface area (Å²) >= 11 is 0. The SMILES string of the molecule is CCC(C)C(=O)OC1CC2CC1C1COC(=O)C21C(F)(F)F. The number of halogens is 3. The van der Waals surface area contributed by atoms with Gasteiger partial charge in [-0.1, -0.05) is 13.8 Å². The van der Waals surface area contributed by atoms with Crippen molar-refractivity contribution in [1.82, 2.24) is 0 Å². The molecule has 0 radical (unpaired) electrons. The number of cyclic esters (lactones) is 1.